The highest BCUT2D eigenvalue weighted by Gasteiger charge is 2.40. The molecule has 1 aliphatic heterocycles. The molecule has 1 aliphatic carbocycles. The van der Waals surface area contributed by atoms with Gasteiger partial charge in [-0.25, -0.2) is 14.5 Å². The molecule has 2 N–H and O–H groups in total. The molecule has 1 saturated carbocycles. The van der Waals surface area contributed by atoms with Gasteiger partial charge in [0.25, 0.3) is 0 Å². The highest BCUT2D eigenvalue weighted by atomic mass is 32.2. The van der Waals surface area contributed by atoms with Gasteiger partial charge in [-0.2, -0.15) is 0 Å². The second-order valence-electron chi connectivity index (χ2n) is 8.99. The molecular weight excluding hydrogens is 400 g/mol. The zero-order valence-electron chi connectivity index (χ0n) is 18.3. The normalized spacial score (nSPS) is 18.3. The van der Waals surface area contributed by atoms with Crippen molar-refractivity contribution >= 4 is 29.3 Å². The summed E-state index contributed by atoms with van der Waals surface area (Å²) in [6.45, 7) is 7.35. The molecule has 9 heteroatoms. The van der Waals surface area contributed by atoms with Gasteiger partial charge in [-0.15, -0.1) is 0 Å². The summed E-state index contributed by atoms with van der Waals surface area (Å²) in [6, 6.07) is 2.21. The average molecular weight is 433 g/mol. The molecule has 0 aromatic carbocycles. The number of amides is 2. The van der Waals surface area contributed by atoms with Crippen molar-refractivity contribution in [2.45, 2.75) is 43.7 Å². The Morgan fingerprint density at radius 2 is 2.00 bits per heavy atom. The fraction of sp³-hybridized carbons (Fsp3) is 0.619. The van der Waals surface area contributed by atoms with E-state index in [1.807, 2.05) is 11.1 Å². The molecule has 2 aromatic rings. The molecule has 2 amide bonds. The summed E-state index contributed by atoms with van der Waals surface area (Å²) in [5.74, 6) is 0.538. The van der Waals surface area contributed by atoms with E-state index in [-0.39, 0.29) is 6.03 Å². The van der Waals surface area contributed by atoms with E-state index < -0.39 is 5.72 Å². The number of carbonyl (C=O) groups excluding carboxylic acids is 1. The van der Waals surface area contributed by atoms with E-state index in [2.05, 4.69) is 40.1 Å². The first-order valence-electron chi connectivity index (χ1n) is 10.6. The molecule has 0 spiro atoms. The number of carbonyl (C=O) groups is 1. The highest BCUT2D eigenvalue weighted by molar-refractivity contribution is 7.97. The Hall–Kier alpha value is -1.97. The Labute approximate surface area is 182 Å². The second-order valence-corrected chi connectivity index (χ2v) is 9.87. The van der Waals surface area contributed by atoms with Gasteiger partial charge in [-0.3, -0.25) is 0 Å². The molecule has 30 heavy (non-hydrogen) atoms. The number of pyridine rings is 1. The lowest BCUT2D eigenvalue weighted by Crippen LogP contribution is -2.51. The summed E-state index contributed by atoms with van der Waals surface area (Å²) in [6.07, 6.45) is 6.62. The number of urea groups is 1. The van der Waals surface area contributed by atoms with Gasteiger partial charge in [0.15, 0.2) is 5.65 Å². The van der Waals surface area contributed by atoms with Crippen LogP contribution in [0.25, 0.3) is 5.65 Å². The van der Waals surface area contributed by atoms with Crippen LogP contribution in [-0.2, 0) is 6.42 Å². The summed E-state index contributed by atoms with van der Waals surface area (Å²) in [5.41, 5.74) is 2.49. The zero-order chi connectivity index (χ0) is 21.5. The number of hydrogen-bond donors (Lipinski definition) is 2. The SMILES string of the molecule is CC(C)Cc1cnc2c(N3CCN(C(=O)N(C)C)CC3)cc(SNC3(O)CC3)cn12. The van der Waals surface area contributed by atoms with Gasteiger partial charge in [0.2, 0.25) is 0 Å². The van der Waals surface area contributed by atoms with Crippen LogP contribution in [0.5, 0.6) is 0 Å². The number of fused-ring (bicyclic) bond motifs is 1. The van der Waals surface area contributed by atoms with Gasteiger partial charge in [0.05, 0.1) is 5.69 Å². The zero-order valence-corrected chi connectivity index (χ0v) is 19.1. The molecule has 0 radical (unpaired) electrons. The molecule has 0 unspecified atom stereocenters. The molecule has 164 valence electrons. The lowest BCUT2D eigenvalue weighted by molar-refractivity contribution is 0.142. The van der Waals surface area contributed by atoms with Gasteiger partial charge in [0.1, 0.15) is 5.72 Å². The van der Waals surface area contributed by atoms with E-state index in [9.17, 15) is 9.90 Å². The van der Waals surface area contributed by atoms with Crippen LogP contribution in [0.3, 0.4) is 0 Å². The minimum Gasteiger partial charge on any atom is -0.375 e. The number of hydrogen-bond acceptors (Lipinski definition) is 6. The summed E-state index contributed by atoms with van der Waals surface area (Å²) in [7, 11) is 3.58. The van der Waals surface area contributed by atoms with Crippen LogP contribution in [0.15, 0.2) is 23.4 Å². The number of anilines is 1. The molecular formula is C21H32N6O2S. The van der Waals surface area contributed by atoms with E-state index in [1.54, 1.807) is 19.0 Å². The lowest BCUT2D eigenvalue weighted by Gasteiger charge is -2.37. The highest BCUT2D eigenvalue weighted by Crippen LogP contribution is 2.36. The van der Waals surface area contributed by atoms with Crippen molar-refractivity contribution in [3.63, 3.8) is 0 Å². The van der Waals surface area contributed by atoms with Gasteiger partial charge >= 0.3 is 6.03 Å². The smallest absolute Gasteiger partial charge is 0.319 e. The predicted molar refractivity (Wildman–Crippen MR) is 120 cm³/mol. The van der Waals surface area contributed by atoms with Crippen molar-refractivity contribution < 1.29 is 9.90 Å². The maximum atomic E-state index is 12.3. The molecule has 1 saturated heterocycles. The van der Waals surface area contributed by atoms with Crippen molar-refractivity contribution in [1.29, 1.82) is 0 Å². The maximum Gasteiger partial charge on any atom is 0.319 e. The van der Waals surface area contributed by atoms with E-state index in [4.69, 9.17) is 4.98 Å². The van der Waals surface area contributed by atoms with Crippen molar-refractivity contribution in [1.82, 2.24) is 23.9 Å². The fourth-order valence-electron chi connectivity index (χ4n) is 3.75. The standard InChI is InChI=1S/C21H32N6O2S/c1-15(2)11-16-13-22-19-18(25-7-9-26(10-8-25)20(28)24(3)4)12-17(14-27(16)19)30-23-21(29)5-6-21/h12-15,23,29H,5-11H2,1-4H3. The molecule has 2 aliphatic rings. The van der Waals surface area contributed by atoms with Crippen LogP contribution >= 0.6 is 11.9 Å². The molecule has 8 nitrogen and oxygen atoms in total. The molecule has 0 bridgehead atoms. The third kappa shape index (κ3) is 4.53. The predicted octanol–water partition coefficient (Wildman–Crippen LogP) is 2.42. The Morgan fingerprint density at radius 3 is 2.60 bits per heavy atom. The fourth-order valence-corrected chi connectivity index (χ4v) is 4.59. The van der Waals surface area contributed by atoms with Gasteiger partial charge in [0, 0.05) is 63.3 Å². The number of aromatic nitrogens is 2. The summed E-state index contributed by atoms with van der Waals surface area (Å²) < 4.78 is 5.38. The molecule has 2 fully saturated rings. The van der Waals surface area contributed by atoms with Crippen molar-refractivity contribution in [2.75, 3.05) is 45.2 Å². The van der Waals surface area contributed by atoms with Crippen molar-refractivity contribution in [3.05, 3.63) is 24.2 Å². The van der Waals surface area contributed by atoms with Gasteiger partial charge in [-0.05, 0) is 43.2 Å². The number of piperazine rings is 1. The van der Waals surface area contributed by atoms with Crippen LogP contribution in [0.4, 0.5) is 10.5 Å². The van der Waals surface area contributed by atoms with Crippen molar-refractivity contribution in [2.24, 2.45) is 5.92 Å². The van der Waals surface area contributed by atoms with E-state index in [0.29, 0.717) is 19.0 Å². The average Bonchev–Trinajstić information content (AvgIpc) is 3.33. The van der Waals surface area contributed by atoms with Crippen LogP contribution in [0, 0.1) is 5.92 Å². The number of nitrogens with zero attached hydrogens (tertiary/aromatic N) is 5. The molecule has 0 atom stereocenters. The maximum absolute atomic E-state index is 12.3. The number of rotatable bonds is 6. The van der Waals surface area contributed by atoms with Crippen LogP contribution in [-0.4, -0.2) is 76.3 Å². The first kappa shape index (κ1) is 21.3. The minimum absolute atomic E-state index is 0.0611. The summed E-state index contributed by atoms with van der Waals surface area (Å²) in [4.78, 5) is 23.9. The summed E-state index contributed by atoms with van der Waals surface area (Å²) in [5, 5.41) is 10.2. The van der Waals surface area contributed by atoms with Crippen molar-refractivity contribution in [3.8, 4) is 0 Å². The minimum atomic E-state index is -0.729. The Morgan fingerprint density at radius 1 is 1.30 bits per heavy atom. The topological polar surface area (TPSA) is 76.4 Å². The van der Waals surface area contributed by atoms with Gasteiger partial charge < -0.3 is 24.2 Å². The third-order valence-corrected chi connectivity index (χ3v) is 6.55. The third-order valence-electron chi connectivity index (χ3n) is 5.61. The Kier molecular flexibility index (Phi) is 5.87. The Balaban J connectivity index is 1.60. The van der Waals surface area contributed by atoms with E-state index in [1.165, 1.54) is 17.6 Å². The molecule has 4 rings (SSSR count). The monoisotopic (exact) mass is 432 g/mol. The van der Waals surface area contributed by atoms with Gasteiger partial charge in [-0.1, -0.05) is 13.8 Å². The van der Waals surface area contributed by atoms with Crippen LogP contribution < -0.4 is 9.62 Å². The van der Waals surface area contributed by atoms with Crippen LogP contribution in [0.2, 0.25) is 0 Å². The number of aliphatic hydroxyl groups is 1. The lowest BCUT2D eigenvalue weighted by atomic mass is 10.1. The molecule has 2 aromatic heterocycles. The Bertz CT molecular complexity index is 916. The van der Waals surface area contributed by atoms with Crippen LogP contribution in [0.1, 0.15) is 32.4 Å². The summed E-state index contributed by atoms with van der Waals surface area (Å²) >= 11 is 1.48. The first-order chi connectivity index (χ1) is 14.3. The number of imidazole rings is 1. The number of nitrogens with one attached hydrogen (secondary N) is 1. The second kappa shape index (κ2) is 8.28. The van der Waals surface area contributed by atoms with E-state index in [0.717, 1.165) is 48.6 Å². The first-order valence-corrected chi connectivity index (χ1v) is 11.4. The largest absolute Gasteiger partial charge is 0.375 e. The molecule has 3 heterocycles. The van der Waals surface area contributed by atoms with E-state index >= 15 is 0 Å². The quantitative estimate of drug-likeness (QED) is 0.539.